The number of carboxylic acids is 1. The molecule has 4 fully saturated rings. The molecule has 4 aliphatic rings. The summed E-state index contributed by atoms with van der Waals surface area (Å²) in [6, 6.07) is 0. The Bertz CT molecular complexity index is 507. The van der Waals surface area contributed by atoms with Gasteiger partial charge in [0.25, 0.3) is 0 Å². The van der Waals surface area contributed by atoms with Gasteiger partial charge in [-0.3, -0.25) is 0 Å². The Balaban J connectivity index is 0.000000390. The van der Waals surface area contributed by atoms with Gasteiger partial charge in [-0.1, -0.05) is 47.0 Å². The zero-order valence-corrected chi connectivity index (χ0v) is 21.8. The van der Waals surface area contributed by atoms with Crippen molar-refractivity contribution in [3.05, 3.63) is 0 Å². The second-order valence-electron chi connectivity index (χ2n) is 10.4. The Hall–Kier alpha value is 1.11. The average molecular weight is 401 g/mol. The van der Waals surface area contributed by atoms with E-state index in [0.717, 1.165) is 35.0 Å². The number of carboxylic acid groups (broad SMARTS) is 1. The first-order valence-electron chi connectivity index (χ1n) is 11.6. The van der Waals surface area contributed by atoms with Gasteiger partial charge < -0.3 is 9.90 Å². The minimum Gasteiger partial charge on any atom is -0.550 e. The minimum absolute atomic E-state index is 0. The van der Waals surface area contributed by atoms with Crippen molar-refractivity contribution < 1.29 is 61.3 Å². The van der Waals surface area contributed by atoms with Crippen LogP contribution < -0.4 is 56.5 Å². The molecule has 4 saturated carbocycles. The summed E-state index contributed by atoms with van der Waals surface area (Å²) in [6.07, 6.45) is 17.1. The van der Waals surface area contributed by atoms with Gasteiger partial charge in [0.15, 0.2) is 0 Å². The molecule has 4 aliphatic carbocycles. The average Bonchev–Trinajstić information content (AvgIpc) is 2.98. The number of hydrogen-bond donors (Lipinski definition) is 0. The van der Waals surface area contributed by atoms with E-state index in [4.69, 9.17) is 0 Å². The molecule has 0 bridgehead atoms. The van der Waals surface area contributed by atoms with E-state index in [0.29, 0.717) is 5.41 Å². The van der Waals surface area contributed by atoms with Crippen LogP contribution in [-0.2, 0) is 4.79 Å². The zero-order chi connectivity index (χ0) is 18.9. The molecule has 0 spiro atoms. The van der Waals surface area contributed by atoms with Crippen molar-refractivity contribution in [1.29, 1.82) is 0 Å². The zero-order valence-electron chi connectivity index (χ0n) is 18.7. The minimum atomic E-state index is -0.995. The molecule has 4 rings (SSSR count). The Labute approximate surface area is 210 Å². The van der Waals surface area contributed by atoms with E-state index in [1.807, 2.05) is 0 Å². The summed E-state index contributed by atoms with van der Waals surface area (Å²) in [4.78, 5) is 9.26. The van der Waals surface area contributed by atoms with Gasteiger partial charge in [0.05, 0.1) is 0 Å². The van der Waals surface area contributed by atoms with E-state index in [9.17, 15) is 9.90 Å². The van der Waals surface area contributed by atoms with Crippen molar-refractivity contribution in [2.75, 3.05) is 0 Å². The maximum absolute atomic E-state index is 9.26. The van der Waals surface area contributed by atoms with Crippen molar-refractivity contribution in [2.24, 2.45) is 40.4 Å². The molecule has 0 saturated heterocycles. The molecule has 0 aromatic heterocycles. The fraction of sp³-hybridized carbons (Fsp3) is 0.958. The SMILES string of the molecule is CCC(=O)[O-].CC[C@H]1CC[C@H]2[C@@H]3CCC4CCCC[C@]4(C)[C@H]3CC[C@]12C.[K+]. The van der Waals surface area contributed by atoms with E-state index < -0.39 is 5.97 Å². The predicted octanol–water partition coefficient (Wildman–Crippen LogP) is 2.60. The third-order valence-electron chi connectivity index (χ3n) is 9.56. The molecular formula is C24H41KO2. The van der Waals surface area contributed by atoms with Crippen LogP contribution >= 0.6 is 0 Å². The van der Waals surface area contributed by atoms with E-state index in [-0.39, 0.29) is 57.8 Å². The molecule has 7 atom stereocenters. The fourth-order valence-corrected chi connectivity index (χ4v) is 8.07. The van der Waals surface area contributed by atoms with Crippen molar-refractivity contribution in [2.45, 2.75) is 105 Å². The fourth-order valence-electron chi connectivity index (χ4n) is 8.07. The number of aliphatic carboxylic acids is 1. The van der Waals surface area contributed by atoms with Crippen LogP contribution in [0.25, 0.3) is 0 Å². The maximum Gasteiger partial charge on any atom is 1.00 e. The molecule has 3 heteroatoms. The maximum atomic E-state index is 9.26. The van der Waals surface area contributed by atoms with Gasteiger partial charge in [-0.15, -0.1) is 0 Å². The summed E-state index contributed by atoms with van der Waals surface area (Å²) in [5, 5.41) is 9.26. The normalized spacial score (nSPS) is 45.3. The molecule has 0 N–H and O–H groups in total. The topological polar surface area (TPSA) is 40.1 Å². The van der Waals surface area contributed by atoms with E-state index in [2.05, 4.69) is 20.8 Å². The Morgan fingerprint density at radius 3 is 2.19 bits per heavy atom. The molecule has 0 radical (unpaired) electrons. The molecule has 0 amide bonds. The first-order valence-corrected chi connectivity index (χ1v) is 11.6. The predicted molar refractivity (Wildman–Crippen MR) is 105 cm³/mol. The van der Waals surface area contributed by atoms with Crippen LogP contribution in [-0.4, -0.2) is 5.97 Å². The summed E-state index contributed by atoms with van der Waals surface area (Å²) in [5.41, 5.74) is 1.45. The van der Waals surface area contributed by atoms with Gasteiger partial charge in [-0.2, -0.15) is 0 Å². The van der Waals surface area contributed by atoms with Crippen molar-refractivity contribution in [3.63, 3.8) is 0 Å². The Morgan fingerprint density at radius 1 is 0.889 bits per heavy atom. The van der Waals surface area contributed by atoms with Crippen molar-refractivity contribution in [3.8, 4) is 0 Å². The van der Waals surface area contributed by atoms with Crippen LogP contribution in [0, 0.1) is 40.4 Å². The van der Waals surface area contributed by atoms with Crippen LogP contribution in [0.3, 0.4) is 0 Å². The number of carbonyl (C=O) groups excluding carboxylic acids is 1. The van der Waals surface area contributed by atoms with Gasteiger partial charge in [0.1, 0.15) is 0 Å². The molecule has 150 valence electrons. The molecule has 1 unspecified atom stereocenters. The summed E-state index contributed by atoms with van der Waals surface area (Å²) >= 11 is 0. The van der Waals surface area contributed by atoms with Gasteiger partial charge in [-0.25, -0.2) is 0 Å². The molecule has 0 aromatic carbocycles. The van der Waals surface area contributed by atoms with Gasteiger partial charge in [0.2, 0.25) is 0 Å². The van der Waals surface area contributed by atoms with E-state index in [1.165, 1.54) is 26.2 Å². The van der Waals surface area contributed by atoms with Crippen LogP contribution in [0.4, 0.5) is 0 Å². The second kappa shape index (κ2) is 9.94. The monoisotopic (exact) mass is 400 g/mol. The van der Waals surface area contributed by atoms with Crippen LogP contribution in [0.15, 0.2) is 0 Å². The van der Waals surface area contributed by atoms with E-state index in [1.54, 1.807) is 51.4 Å². The number of carbonyl (C=O) groups is 1. The second-order valence-corrected chi connectivity index (χ2v) is 10.4. The number of rotatable bonds is 2. The van der Waals surface area contributed by atoms with Crippen LogP contribution in [0.5, 0.6) is 0 Å². The Morgan fingerprint density at radius 2 is 1.56 bits per heavy atom. The first kappa shape index (κ1) is 24.4. The van der Waals surface area contributed by atoms with Crippen LogP contribution in [0.2, 0.25) is 0 Å². The molecule has 2 nitrogen and oxygen atoms in total. The summed E-state index contributed by atoms with van der Waals surface area (Å²) in [5.74, 6) is 4.40. The standard InChI is InChI=1S/C21H36.C3H6O2.K/c1-4-15-9-11-18-17-10-8-16-7-5-6-13-20(16,2)19(17)12-14-21(15,18)3;1-2-3(4)5;/h15-19H,4-14H2,1-3H3;2H2,1H3,(H,4,5);/q;;+1/p-1/t15-,16?,17-,18-,19-,20-,21+;;/m0../s1. The van der Waals surface area contributed by atoms with E-state index >= 15 is 0 Å². The molecule has 0 aliphatic heterocycles. The largest absolute Gasteiger partial charge is 1.00 e. The third-order valence-corrected chi connectivity index (χ3v) is 9.56. The van der Waals surface area contributed by atoms with Gasteiger partial charge in [0, 0.05) is 5.97 Å². The first-order chi connectivity index (χ1) is 12.4. The number of fused-ring (bicyclic) bond motifs is 5. The Kier molecular flexibility index (Phi) is 8.98. The van der Waals surface area contributed by atoms with Gasteiger partial charge >= 0.3 is 51.4 Å². The van der Waals surface area contributed by atoms with Crippen LogP contribution in [0.1, 0.15) is 105 Å². The smallest absolute Gasteiger partial charge is 0.550 e. The number of hydrogen-bond acceptors (Lipinski definition) is 2. The molecular weight excluding hydrogens is 359 g/mol. The summed E-state index contributed by atoms with van der Waals surface area (Å²) < 4.78 is 0. The van der Waals surface area contributed by atoms with Gasteiger partial charge in [-0.05, 0) is 98.2 Å². The third kappa shape index (κ3) is 4.58. The molecule has 0 heterocycles. The molecule has 27 heavy (non-hydrogen) atoms. The van der Waals surface area contributed by atoms with Crippen molar-refractivity contribution >= 4 is 5.97 Å². The summed E-state index contributed by atoms with van der Waals surface area (Å²) in [6.45, 7) is 9.38. The quantitative estimate of drug-likeness (QED) is 0.669. The summed E-state index contributed by atoms with van der Waals surface area (Å²) in [7, 11) is 0. The van der Waals surface area contributed by atoms with Crippen molar-refractivity contribution in [1.82, 2.24) is 0 Å². The molecule has 0 aromatic rings.